The summed E-state index contributed by atoms with van der Waals surface area (Å²) in [6, 6.07) is 8.74. The van der Waals surface area contributed by atoms with Crippen molar-refractivity contribution in [2.24, 2.45) is 7.05 Å². The average Bonchev–Trinajstić information content (AvgIpc) is 2.85. The molecule has 23 heavy (non-hydrogen) atoms. The van der Waals surface area contributed by atoms with Gasteiger partial charge in [0.15, 0.2) is 0 Å². The van der Waals surface area contributed by atoms with Gasteiger partial charge in [-0.25, -0.2) is 4.98 Å². The van der Waals surface area contributed by atoms with Crippen molar-refractivity contribution in [3.05, 3.63) is 52.3 Å². The molecular formula is C21H22N2. The Balaban J connectivity index is 2.51. The standard InChI is InChI=1S/C21H22N2/c1-11-12(2)14(4)19-18(13(11)3)16-9-7-8-10-17(16)21-20(19)22-15(5)23(21)6/h7-10H,1-6H3. The molecule has 0 aliphatic rings. The van der Waals surface area contributed by atoms with Crippen LogP contribution in [0.2, 0.25) is 0 Å². The molecule has 3 aromatic carbocycles. The van der Waals surface area contributed by atoms with E-state index in [4.69, 9.17) is 4.98 Å². The molecule has 0 unspecified atom stereocenters. The topological polar surface area (TPSA) is 17.8 Å². The Labute approximate surface area is 136 Å². The molecule has 4 rings (SSSR count). The highest BCUT2D eigenvalue weighted by Gasteiger charge is 2.19. The number of hydrogen-bond donors (Lipinski definition) is 0. The normalized spacial score (nSPS) is 11.9. The second-order valence-corrected chi connectivity index (χ2v) is 6.71. The highest BCUT2D eigenvalue weighted by Crippen LogP contribution is 2.40. The van der Waals surface area contributed by atoms with E-state index in [9.17, 15) is 0 Å². The Morgan fingerprint density at radius 1 is 0.739 bits per heavy atom. The molecule has 116 valence electrons. The molecule has 4 aromatic rings. The van der Waals surface area contributed by atoms with Gasteiger partial charge in [0.05, 0.1) is 11.0 Å². The van der Waals surface area contributed by atoms with Crippen molar-refractivity contribution >= 4 is 32.6 Å². The Kier molecular flexibility index (Phi) is 2.84. The van der Waals surface area contributed by atoms with Crippen LogP contribution in [0, 0.1) is 34.6 Å². The van der Waals surface area contributed by atoms with Crippen LogP contribution >= 0.6 is 0 Å². The fourth-order valence-electron chi connectivity index (χ4n) is 3.95. The minimum atomic E-state index is 1.06. The molecule has 0 saturated heterocycles. The van der Waals surface area contributed by atoms with Crippen LogP contribution in [0.25, 0.3) is 32.6 Å². The zero-order valence-corrected chi connectivity index (χ0v) is 14.7. The van der Waals surface area contributed by atoms with Crippen molar-refractivity contribution in [3.8, 4) is 0 Å². The molecule has 2 heteroatoms. The maximum absolute atomic E-state index is 4.93. The third-order valence-electron chi connectivity index (χ3n) is 5.69. The lowest BCUT2D eigenvalue weighted by Gasteiger charge is -2.17. The predicted octanol–water partition coefficient (Wildman–Crippen LogP) is 5.42. The summed E-state index contributed by atoms with van der Waals surface area (Å²) in [6.07, 6.45) is 0. The van der Waals surface area contributed by atoms with Gasteiger partial charge in [-0.05, 0) is 67.6 Å². The second-order valence-electron chi connectivity index (χ2n) is 6.71. The highest BCUT2D eigenvalue weighted by molar-refractivity contribution is 6.25. The number of benzene rings is 3. The number of aryl methyl sites for hydroxylation is 4. The SMILES string of the molecule is Cc1c(C)c(C)c2c3nc(C)n(C)c3c3ccccc3c2c1C. The minimum Gasteiger partial charge on any atom is -0.331 e. The van der Waals surface area contributed by atoms with Crippen LogP contribution in [-0.4, -0.2) is 9.55 Å². The number of rotatable bonds is 0. The molecule has 2 nitrogen and oxygen atoms in total. The third-order valence-corrected chi connectivity index (χ3v) is 5.69. The Morgan fingerprint density at radius 2 is 1.30 bits per heavy atom. The van der Waals surface area contributed by atoms with Gasteiger partial charge in [0, 0.05) is 17.8 Å². The zero-order chi connectivity index (χ0) is 16.5. The van der Waals surface area contributed by atoms with E-state index in [1.54, 1.807) is 0 Å². The van der Waals surface area contributed by atoms with E-state index in [1.807, 2.05) is 0 Å². The smallest absolute Gasteiger partial charge is 0.106 e. The summed E-state index contributed by atoms with van der Waals surface area (Å²) in [5, 5.41) is 5.32. The van der Waals surface area contributed by atoms with E-state index in [-0.39, 0.29) is 0 Å². The van der Waals surface area contributed by atoms with Crippen molar-refractivity contribution in [2.45, 2.75) is 34.6 Å². The van der Waals surface area contributed by atoms with Gasteiger partial charge < -0.3 is 4.57 Å². The van der Waals surface area contributed by atoms with Gasteiger partial charge in [-0.2, -0.15) is 0 Å². The van der Waals surface area contributed by atoms with Crippen LogP contribution in [0.4, 0.5) is 0 Å². The summed E-state index contributed by atoms with van der Waals surface area (Å²) in [5.41, 5.74) is 7.90. The Morgan fingerprint density at radius 3 is 1.96 bits per heavy atom. The van der Waals surface area contributed by atoms with Crippen LogP contribution in [0.15, 0.2) is 24.3 Å². The van der Waals surface area contributed by atoms with E-state index >= 15 is 0 Å². The fourth-order valence-corrected chi connectivity index (χ4v) is 3.95. The van der Waals surface area contributed by atoms with Gasteiger partial charge in [-0.3, -0.25) is 0 Å². The van der Waals surface area contributed by atoms with Gasteiger partial charge in [0.25, 0.3) is 0 Å². The summed E-state index contributed by atoms with van der Waals surface area (Å²) in [6.45, 7) is 11.0. The Bertz CT molecular complexity index is 1110. The summed E-state index contributed by atoms with van der Waals surface area (Å²) >= 11 is 0. The van der Waals surface area contributed by atoms with Crippen LogP contribution in [0.3, 0.4) is 0 Å². The molecule has 0 fully saturated rings. The van der Waals surface area contributed by atoms with Crippen molar-refractivity contribution in [1.29, 1.82) is 0 Å². The number of hydrogen-bond acceptors (Lipinski definition) is 1. The zero-order valence-electron chi connectivity index (χ0n) is 14.7. The first-order valence-corrected chi connectivity index (χ1v) is 8.17. The quantitative estimate of drug-likeness (QED) is 0.396. The van der Waals surface area contributed by atoms with Crippen molar-refractivity contribution < 1.29 is 0 Å². The lowest BCUT2D eigenvalue weighted by molar-refractivity contribution is 0.888. The van der Waals surface area contributed by atoms with Gasteiger partial charge in [0.2, 0.25) is 0 Å². The molecule has 0 aliphatic heterocycles. The van der Waals surface area contributed by atoms with E-state index in [2.05, 4.69) is 70.5 Å². The predicted molar refractivity (Wildman–Crippen MR) is 99.4 cm³/mol. The van der Waals surface area contributed by atoms with Crippen LogP contribution in [0.5, 0.6) is 0 Å². The lowest BCUT2D eigenvalue weighted by atomic mass is 9.88. The average molecular weight is 302 g/mol. The van der Waals surface area contributed by atoms with Crippen molar-refractivity contribution in [1.82, 2.24) is 9.55 Å². The van der Waals surface area contributed by atoms with Crippen LogP contribution in [-0.2, 0) is 7.05 Å². The summed E-state index contributed by atoms with van der Waals surface area (Å²) in [5.74, 6) is 1.06. The first-order valence-electron chi connectivity index (χ1n) is 8.17. The molecule has 0 amide bonds. The maximum Gasteiger partial charge on any atom is 0.106 e. The number of nitrogens with zero attached hydrogens (tertiary/aromatic N) is 2. The molecule has 0 N–H and O–H groups in total. The fraction of sp³-hybridized carbons (Fsp3) is 0.286. The molecule has 0 bridgehead atoms. The molecule has 0 atom stereocenters. The molecule has 1 aromatic heterocycles. The molecular weight excluding hydrogens is 280 g/mol. The summed E-state index contributed by atoms with van der Waals surface area (Å²) in [7, 11) is 2.12. The molecule has 0 saturated carbocycles. The van der Waals surface area contributed by atoms with E-state index < -0.39 is 0 Å². The van der Waals surface area contributed by atoms with Gasteiger partial charge >= 0.3 is 0 Å². The molecule has 0 radical (unpaired) electrons. The van der Waals surface area contributed by atoms with Gasteiger partial charge in [-0.15, -0.1) is 0 Å². The summed E-state index contributed by atoms with van der Waals surface area (Å²) < 4.78 is 2.22. The van der Waals surface area contributed by atoms with E-state index in [0.717, 1.165) is 11.3 Å². The van der Waals surface area contributed by atoms with Crippen LogP contribution in [0.1, 0.15) is 28.1 Å². The van der Waals surface area contributed by atoms with Gasteiger partial charge in [-0.1, -0.05) is 24.3 Å². The van der Waals surface area contributed by atoms with Crippen molar-refractivity contribution in [2.75, 3.05) is 0 Å². The number of fused-ring (bicyclic) bond motifs is 6. The highest BCUT2D eigenvalue weighted by atomic mass is 15.1. The van der Waals surface area contributed by atoms with E-state index in [1.165, 1.54) is 49.3 Å². The monoisotopic (exact) mass is 302 g/mol. The van der Waals surface area contributed by atoms with Crippen LogP contribution < -0.4 is 0 Å². The third kappa shape index (κ3) is 1.66. The van der Waals surface area contributed by atoms with E-state index in [0.29, 0.717) is 0 Å². The number of imidazole rings is 1. The first-order chi connectivity index (χ1) is 10.9. The summed E-state index contributed by atoms with van der Waals surface area (Å²) in [4.78, 5) is 4.93. The second kappa shape index (κ2) is 4.58. The molecule has 0 aliphatic carbocycles. The van der Waals surface area contributed by atoms with Crippen molar-refractivity contribution in [3.63, 3.8) is 0 Å². The maximum atomic E-state index is 4.93. The van der Waals surface area contributed by atoms with Gasteiger partial charge in [0.1, 0.15) is 5.82 Å². The molecule has 1 heterocycles. The molecule has 0 spiro atoms. The Hall–Kier alpha value is -2.35. The number of aromatic nitrogens is 2. The largest absolute Gasteiger partial charge is 0.331 e. The first kappa shape index (κ1) is 14.3. The lowest BCUT2D eigenvalue weighted by Crippen LogP contribution is -1.97. The minimum absolute atomic E-state index is 1.06.